The molecule has 1 N–H and O–H groups in total. The smallest absolute Gasteiger partial charge is 0.0129 e. The summed E-state index contributed by atoms with van der Waals surface area (Å²) in [6.07, 6.45) is 5.75. The molecule has 0 aromatic carbocycles. The summed E-state index contributed by atoms with van der Waals surface area (Å²) in [4.78, 5) is 2.82. The third kappa shape index (κ3) is 3.27. The van der Waals surface area contributed by atoms with Crippen molar-refractivity contribution in [1.82, 2.24) is 10.2 Å². The van der Waals surface area contributed by atoms with Crippen molar-refractivity contribution < 1.29 is 0 Å². The van der Waals surface area contributed by atoms with Crippen LogP contribution in [-0.2, 0) is 0 Å². The van der Waals surface area contributed by atoms with Gasteiger partial charge in [-0.25, -0.2) is 0 Å². The lowest BCUT2D eigenvalue weighted by atomic mass is 9.73. The fraction of sp³-hybridized carbons (Fsp3) is 1.00. The maximum Gasteiger partial charge on any atom is 0.0129 e. The van der Waals surface area contributed by atoms with Crippen molar-refractivity contribution in [3.63, 3.8) is 0 Å². The molecular formula is C16H32N2. The van der Waals surface area contributed by atoms with E-state index in [1.54, 1.807) is 0 Å². The molecule has 2 nitrogen and oxygen atoms in total. The summed E-state index contributed by atoms with van der Waals surface area (Å²) in [7, 11) is 2.09. The van der Waals surface area contributed by atoms with E-state index >= 15 is 0 Å². The number of nitrogens with zero attached hydrogens (tertiary/aromatic N) is 1. The molecule has 1 saturated carbocycles. The van der Waals surface area contributed by atoms with Crippen molar-refractivity contribution >= 4 is 0 Å². The third-order valence-electron chi connectivity index (χ3n) is 5.27. The molecule has 1 heterocycles. The third-order valence-corrected chi connectivity index (χ3v) is 5.27. The molecular weight excluding hydrogens is 220 g/mol. The molecule has 2 aliphatic rings. The second-order valence-corrected chi connectivity index (χ2v) is 7.10. The highest BCUT2D eigenvalue weighted by atomic mass is 15.2. The Morgan fingerprint density at radius 2 is 2.00 bits per heavy atom. The molecule has 2 heteroatoms. The molecule has 1 aliphatic carbocycles. The quantitative estimate of drug-likeness (QED) is 0.827. The Morgan fingerprint density at radius 3 is 2.67 bits per heavy atom. The Morgan fingerprint density at radius 1 is 1.22 bits per heavy atom. The summed E-state index contributed by atoms with van der Waals surface area (Å²) >= 11 is 0. The van der Waals surface area contributed by atoms with Gasteiger partial charge in [-0.05, 0) is 63.1 Å². The summed E-state index contributed by atoms with van der Waals surface area (Å²) in [5.74, 6) is 3.62. The van der Waals surface area contributed by atoms with E-state index in [4.69, 9.17) is 0 Å². The maximum absolute atomic E-state index is 3.35. The molecule has 0 aromatic rings. The Bertz CT molecular complexity index is 251. The van der Waals surface area contributed by atoms with Gasteiger partial charge in [0.2, 0.25) is 0 Å². The van der Waals surface area contributed by atoms with E-state index in [9.17, 15) is 0 Å². The molecule has 4 unspecified atom stereocenters. The highest BCUT2D eigenvalue weighted by Crippen LogP contribution is 2.38. The van der Waals surface area contributed by atoms with Gasteiger partial charge in [-0.1, -0.05) is 27.2 Å². The number of likely N-dealkylation sites (tertiary alicyclic amines) is 1. The van der Waals surface area contributed by atoms with Crippen LogP contribution < -0.4 is 5.32 Å². The molecule has 0 spiro atoms. The molecule has 1 saturated heterocycles. The van der Waals surface area contributed by atoms with Crippen molar-refractivity contribution in [2.45, 2.75) is 52.5 Å². The molecule has 18 heavy (non-hydrogen) atoms. The van der Waals surface area contributed by atoms with Crippen LogP contribution in [-0.4, -0.2) is 37.6 Å². The Labute approximate surface area is 114 Å². The summed E-state index contributed by atoms with van der Waals surface area (Å²) in [6.45, 7) is 11.2. The van der Waals surface area contributed by atoms with Crippen molar-refractivity contribution in [3.05, 3.63) is 0 Å². The standard InChI is InChI=1S/C16H32N2/c1-12(2)15-6-5-13(3)9-16(15)18-8-7-14(11-18)10-17-4/h12-17H,5-11H2,1-4H3. The molecule has 1 aliphatic heterocycles. The van der Waals surface area contributed by atoms with Crippen LogP contribution in [0.1, 0.15) is 46.5 Å². The van der Waals surface area contributed by atoms with E-state index in [1.807, 2.05) is 0 Å². The zero-order valence-corrected chi connectivity index (χ0v) is 12.8. The number of hydrogen-bond donors (Lipinski definition) is 1. The number of nitrogens with one attached hydrogen (secondary N) is 1. The van der Waals surface area contributed by atoms with Gasteiger partial charge in [0.25, 0.3) is 0 Å². The minimum absolute atomic E-state index is 0.853. The first-order valence-corrected chi connectivity index (χ1v) is 8.00. The van der Waals surface area contributed by atoms with E-state index < -0.39 is 0 Å². The largest absolute Gasteiger partial charge is 0.319 e. The molecule has 0 amide bonds. The van der Waals surface area contributed by atoms with E-state index in [0.29, 0.717) is 0 Å². The molecule has 106 valence electrons. The first kappa shape index (κ1) is 14.3. The van der Waals surface area contributed by atoms with Gasteiger partial charge in [0.15, 0.2) is 0 Å². The molecule has 0 bridgehead atoms. The van der Waals surface area contributed by atoms with Crippen LogP contribution in [0.3, 0.4) is 0 Å². The predicted octanol–water partition coefficient (Wildman–Crippen LogP) is 2.99. The highest BCUT2D eigenvalue weighted by molar-refractivity contribution is 4.91. The van der Waals surface area contributed by atoms with Crippen LogP contribution in [0.5, 0.6) is 0 Å². The maximum atomic E-state index is 3.35. The van der Waals surface area contributed by atoms with Crippen LogP contribution >= 0.6 is 0 Å². The van der Waals surface area contributed by atoms with E-state index in [2.05, 4.69) is 38.0 Å². The fourth-order valence-corrected chi connectivity index (χ4v) is 4.19. The minimum Gasteiger partial charge on any atom is -0.319 e. The number of rotatable bonds is 4. The van der Waals surface area contributed by atoms with Crippen LogP contribution in [0.2, 0.25) is 0 Å². The lowest BCUT2D eigenvalue weighted by Crippen LogP contribution is -2.45. The average Bonchev–Trinajstić information content (AvgIpc) is 2.77. The Kier molecular flexibility index (Phi) is 5.08. The minimum atomic E-state index is 0.853. The van der Waals surface area contributed by atoms with Gasteiger partial charge in [-0.2, -0.15) is 0 Å². The average molecular weight is 252 g/mol. The normalized spacial score (nSPS) is 38.5. The lowest BCUT2D eigenvalue weighted by molar-refractivity contribution is 0.0740. The Balaban J connectivity index is 1.96. The van der Waals surface area contributed by atoms with Gasteiger partial charge in [0.05, 0.1) is 0 Å². The van der Waals surface area contributed by atoms with E-state index in [0.717, 1.165) is 29.7 Å². The van der Waals surface area contributed by atoms with Gasteiger partial charge >= 0.3 is 0 Å². The van der Waals surface area contributed by atoms with Crippen LogP contribution in [0.15, 0.2) is 0 Å². The molecule has 2 rings (SSSR count). The molecule has 0 aromatic heterocycles. The van der Waals surface area contributed by atoms with Crippen molar-refractivity contribution in [2.75, 3.05) is 26.7 Å². The van der Waals surface area contributed by atoms with Gasteiger partial charge in [0.1, 0.15) is 0 Å². The fourth-order valence-electron chi connectivity index (χ4n) is 4.19. The highest BCUT2D eigenvalue weighted by Gasteiger charge is 2.37. The molecule has 0 radical (unpaired) electrons. The van der Waals surface area contributed by atoms with Gasteiger partial charge in [-0.15, -0.1) is 0 Å². The topological polar surface area (TPSA) is 15.3 Å². The number of hydrogen-bond acceptors (Lipinski definition) is 2. The zero-order chi connectivity index (χ0) is 13.1. The zero-order valence-electron chi connectivity index (χ0n) is 12.8. The summed E-state index contributed by atoms with van der Waals surface area (Å²) in [5, 5.41) is 3.35. The van der Waals surface area contributed by atoms with Crippen LogP contribution in [0.4, 0.5) is 0 Å². The summed E-state index contributed by atoms with van der Waals surface area (Å²) < 4.78 is 0. The van der Waals surface area contributed by atoms with E-state index in [1.165, 1.54) is 45.3 Å². The summed E-state index contributed by atoms with van der Waals surface area (Å²) in [5.41, 5.74) is 0. The van der Waals surface area contributed by atoms with E-state index in [-0.39, 0.29) is 0 Å². The second-order valence-electron chi connectivity index (χ2n) is 7.10. The predicted molar refractivity (Wildman–Crippen MR) is 78.7 cm³/mol. The SMILES string of the molecule is CNCC1CCN(C2CC(C)CCC2C(C)C)C1. The molecule has 2 fully saturated rings. The summed E-state index contributed by atoms with van der Waals surface area (Å²) in [6, 6.07) is 0.871. The monoisotopic (exact) mass is 252 g/mol. The second kappa shape index (κ2) is 6.38. The van der Waals surface area contributed by atoms with Gasteiger partial charge < -0.3 is 5.32 Å². The lowest BCUT2D eigenvalue weighted by Gasteiger charge is -2.42. The van der Waals surface area contributed by atoms with Crippen molar-refractivity contribution in [1.29, 1.82) is 0 Å². The Hall–Kier alpha value is -0.0800. The van der Waals surface area contributed by atoms with Gasteiger partial charge in [-0.3, -0.25) is 4.90 Å². The van der Waals surface area contributed by atoms with Crippen molar-refractivity contribution in [3.8, 4) is 0 Å². The van der Waals surface area contributed by atoms with Crippen LogP contribution in [0.25, 0.3) is 0 Å². The first-order chi connectivity index (χ1) is 8.61. The molecule has 4 atom stereocenters. The van der Waals surface area contributed by atoms with Crippen molar-refractivity contribution in [2.24, 2.45) is 23.7 Å². The first-order valence-electron chi connectivity index (χ1n) is 8.00. The van der Waals surface area contributed by atoms with Gasteiger partial charge in [0, 0.05) is 12.6 Å². The van der Waals surface area contributed by atoms with Crippen LogP contribution in [0, 0.1) is 23.7 Å².